The van der Waals surface area contributed by atoms with Gasteiger partial charge in [0.05, 0.1) is 28.9 Å². The minimum atomic E-state index is -1.96. The Morgan fingerprint density at radius 2 is 1.13 bits per heavy atom. The minimum absolute atomic E-state index is 0.0439. The van der Waals surface area contributed by atoms with Gasteiger partial charge in [0.25, 0.3) is 0 Å². The Balaban J connectivity index is 1.15. The fourth-order valence-corrected chi connectivity index (χ4v) is 8.13. The summed E-state index contributed by atoms with van der Waals surface area (Å²) in [7, 11) is 0. The molecule has 3 nitrogen and oxygen atoms in total. The van der Waals surface area contributed by atoms with Crippen molar-refractivity contribution in [1.82, 2.24) is 9.13 Å². The fraction of sp³-hybridized carbons (Fsp3) is 0. The van der Waals surface area contributed by atoms with Crippen molar-refractivity contribution in [2.45, 2.75) is 0 Å². The van der Waals surface area contributed by atoms with E-state index in [4.69, 9.17) is 11.3 Å². The van der Waals surface area contributed by atoms with E-state index in [0.29, 0.717) is 33.1 Å². The molecular weight excluding hydrogens is 697 g/mol. The van der Waals surface area contributed by atoms with Crippen molar-refractivity contribution in [3.63, 3.8) is 0 Å². The third-order valence-electron chi connectivity index (χ3n) is 10.5. The zero-order chi connectivity index (χ0) is 41.3. The zero-order valence-corrected chi connectivity index (χ0v) is 28.4. The van der Waals surface area contributed by atoms with Gasteiger partial charge in [-0.05, 0) is 89.0 Å². The molecule has 0 aliphatic rings. The van der Waals surface area contributed by atoms with Crippen molar-refractivity contribution in [2.24, 2.45) is 0 Å². The Bertz CT molecular complexity index is 3640. The number of halogens is 4. The molecule has 8 aromatic carbocycles. The summed E-state index contributed by atoms with van der Waals surface area (Å²) in [5.74, 6) is -7.00. The molecule has 262 valence electrons. The van der Waals surface area contributed by atoms with Crippen LogP contribution in [0.25, 0.3) is 99.2 Å². The van der Waals surface area contributed by atoms with E-state index in [1.54, 1.807) is 54.6 Å². The number of nitrogens with zero attached hydrogens (tertiary/aromatic N) is 2. The van der Waals surface area contributed by atoms with Gasteiger partial charge in [-0.2, -0.15) is 0 Å². The molecule has 0 atom stereocenters. The molecule has 0 bridgehead atoms. The first-order chi connectivity index (χ1) is 29.0. The van der Waals surface area contributed by atoms with Crippen molar-refractivity contribution in [2.75, 3.05) is 0 Å². The van der Waals surface area contributed by atoms with Gasteiger partial charge in [-0.3, -0.25) is 0 Å². The molecule has 0 radical (unpaired) electrons. The number of furan rings is 1. The second kappa shape index (κ2) is 11.7. The summed E-state index contributed by atoms with van der Waals surface area (Å²) in [5.41, 5.74) is 5.28. The molecule has 3 heterocycles. The van der Waals surface area contributed by atoms with Crippen LogP contribution in [0.5, 0.6) is 0 Å². The highest BCUT2D eigenvalue weighted by Gasteiger charge is 2.28. The summed E-state index contributed by atoms with van der Waals surface area (Å²) >= 11 is 0. The molecule has 7 heteroatoms. The van der Waals surface area contributed by atoms with Crippen LogP contribution in [0.4, 0.5) is 17.6 Å². The Kier molecular flexibility index (Phi) is 5.66. The summed E-state index contributed by atoms with van der Waals surface area (Å²) in [6.07, 6.45) is 0. The van der Waals surface area contributed by atoms with Crippen molar-refractivity contribution in [3.8, 4) is 33.6 Å². The van der Waals surface area contributed by atoms with Crippen molar-refractivity contribution >= 4 is 65.6 Å². The predicted molar refractivity (Wildman–Crippen MR) is 213 cm³/mol. The van der Waals surface area contributed by atoms with Crippen LogP contribution in [-0.4, -0.2) is 9.13 Å². The van der Waals surface area contributed by atoms with Crippen LogP contribution in [0, 0.1) is 23.3 Å². The van der Waals surface area contributed by atoms with Crippen molar-refractivity contribution in [3.05, 3.63) is 181 Å². The second-order valence-corrected chi connectivity index (χ2v) is 13.4. The number of rotatable bonds is 4. The fourth-order valence-electron chi connectivity index (χ4n) is 8.13. The van der Waals surface area contributed by atoms with E-state index in [9.17, 15) is 0 Å². The normalized spacial score (nSPS) is 13.3. The van der Waals surface area contributed by atoms with Gasteiger partial charge in [-0.25, -0.2) is 17.6 Å². The molecule has 0 N–H and O–H groups in total. The van der Waals surface area contributed by atoms with Gasteiger partial charge in [0.2, 0.25) is 0 Å². The predicted octanol–water partition coefficient (Wildman–Crippen LogP) is 13.7. The first-order valence-electron chi connectivity index (χ1n) is 20.0. The van der Waals surface area contributed by atoms with Gasteiger partial charge in [0, 0.05) is 43.7 Å². The lowest BCUT2D eigenvalue weighted by Crippen LogP contribution is -2.01. The first kappa shape index (κ1) is 26.6. The lowest BCUT2D eigenvalue weighted by molar-refractivity contribution is 0.417. The first-order valence-corrected chi connectivity index (χ1v) is 17.5. The third-order valence-corrected chi connectivity index (χ3v) is 10.5. The topological polar surface area (TPSA) is 23.0 Å². The summed E-state index contributed by atoms with van der Waals surface area (Å²) < 4.78 is 114. The lowest BCUT2D eigenvalue weighted by Gasteiger charge is -2.10. The summed E-state index contributed by atoms with van der Waals surface area (Å²) in [5, 5.41) is 2.50. The van der Waals surface area contributed by atoms with E-state index in [1.807, 2.05) is 72.8 Å². The Morgan fingerprint density at radius 1 is 0.436 bits per heavy atom. The standard InChI is InChI=1S/C48H26F4N2O/c49-44-43-35-25-29(28-18-21-38-34(24-28)33-14-7-8-16-37(33)53(38)30-12-5-2-6-13-30)19-22-39(35)54(48(43)47(52)46(51)45(44)50)31-20-23-40-36(26-31)42-32(15-9-17-41(42)55-40)27-10-3-1-4-11-27/h1-26H/i1D,3D,4D,10D,11D. The smallest absolute Gasteiger partial charge is 0.199 e. The molecule has 0 aliphatic carbocycles. The molecule has 11 rings (SSSR count). The Labute approximate surface area is 317 Å². The van der Waals surface area contributed by atoms with Crippen LogP contribution in [-0.2, 0) is 0 Å². The van der Waals surface area contributed by atoms with E-state index in [-0.39, 0.29) is 22.2 Å². The number of hydrogen-bond donors (Lipinski definition) is 0. The van der Waals surface area contributed by atoms with E-state index >= 15 is 17.6 Å². The Hall–Kier alpha value is -7.12. The molecule has 0 spiro atoms. The van der Waals surface area contributed by atoms with E-state index < -0.39 is 64.4 Å². The molecule has 0 fully saturated rings. The van der Waals surface area contributed by atoms with Crippen LogP contribution in [0.1, 0.15) is 6.85 Å². The van der Waals surface area contributed by atoms with E-state index in [1.165, 1.54) is 4.57 Å². The van der Waals surface area contributed by atoms with E-state index in [0.717, 1.165) is 33.1 Å². The maximum absolute atomic E-state index is 16.2. The average molecular weight is 728 g/mol. The molecule has 0 aliphatic heterocycles. The summed E-state index contributed by atoms with van der Waals surface area (Å²) in [4.78, 5) is 0. The zero-order valence-electron chi connectivity index (χ0n) is 33.4. The van der Waals surface area contributed by atoms with Gasteiger partial charge < -0.3 is 13.6 Å². The van der Waals surface area contributed by atoms with Crippen LogP contribution in [0.15, 0.2) is 162 Å². The number of fused-ring (bicyclic) bond motifs is 9. The van der Waals surface area contributed by atoms with Crippen LogP contribution < -0.4 is 0 Å². The molecule has 0 unspecified atom stereocenters. The highest BCUT2D eigenvalue weighted by Crippen LogP contribution is 2.43. The van der Waals surface area contributed by atoms with Gasteiger partial charge >= 0.3 is 0 Å². The summed E-state index contributed by atoms with van der Waals surface area (Å²) in [6, 6.07) is 36.4. The lowest BCUT2D eigenvalue weighted by atomic mass is 9.99. The van der Waals surface area contributed by atoms with Gasteiger partial charge in [-0.1, -0.05) is 90.9 Å². The average Bonchev–Trinajstić information content (AvgIpc) is 3.94. The molecule has 0 saturated carbocycles. The number of para-hydroxylation sites is 2. The maximum atomic E-state index is 16.2. The highest BCUT2D eigenvalue weighted by molar-refractivity contribution is 6.15. The highest BCUT2D eigenvalue weighted by atomic mass is 19.2. The van der Waals surface area contributed by atoms with Crippen LogP contribution in [0.2, 0.25) is 0 Å². The second-order valence-electron chi connectivity index (χ2n) is 13.4. The van der Waals surface area contributed by atoms with Crippen molar-refractivity contribution in [1.29, 1.82) is 0 Å². The van der Waals surface area contributed by atoms with Gasteiger partial charge in [-0.15, -0.1) is 0 Å². The number of hydrogen-bond acceptors (Lipinski definition) is 1. The molecule has 55 heavy (non-hydrogen) atoms. The molecular formula is C48H26F4N2O. The van der Waals surface area contributed by atoms with E-state index in [2.05, 4.69) is 4.57 Å². The molecule has 0 amide bonds. The maximum Gasteiger partial charge on any atom is 0.199 e. The molecule has 11 aromatic rings. The minimum Gasteiger partial charge on any atom is -0.456 e. The van der Waals surface area contributed by atoms with Crippen molar-refractivity contribution < 1.29 is 28.8 Å². The SMILES string of the molecule is [2H]c1c([2H])c([2H])c(-c2cccc3oc4ccc(-n5c6ccc(-c7ccc8c(c7)c7ccccc7n8-c7ccccc7)cc6c6c(F)c(F)c(F)c(F)c65)cc4c23)c([2H])c1[2H]. The monoisotopic (exact) mass is 727 g/mol. The number of benzene rings is 8. The Morgan fingerprint density at radius 3 is 1.93 bits per heavy atom. The summed E-state index contributed by atoms with van der Waals surface area (Å²) in [6.45, 7) is 0. The number of aromatic nitrogens is 2. The van der Waals surface area contributed by atoms with Gasteiger partial charge in [0.1, 0.15) is 11.2 Å². The van der Waals surface area contributed by atoms with Crippen LogP contribution in [0.3, 0.4) is 0 Å². The molecule has 3 aromatic heterocycles. The third kappa shape index (κ3) is 4.50. The molecule has 0 saturated heterocycles. The largest absolute Gasteiger partial charge is 0.456 e. The quantitative estimate of drug-likeness (QED) is 0.101. The van der Waals surface area contributed by atoms with Gasteiger partial charge in [0.15, 0.2) is 23.3 Å². The van der Waals surface area contributed by atoms with Crippen LogP contribution >= 0.6 is 0 Å².